The van der Waals surface area contributed by atoms with Gasteiger partial charge in [0.2, 0.25) is 5.91 Å². The molecule has 1 aliphatic heterocycles. The summed E-state index contributed by atoms with van der Waals surface area (Å²) in [6.45, 7) is 6.04. The highest BCUT2D eigenvalue weighted by Gasteiger charge is 2.51. The average molecular weight is 477 g/mol. The number of carboxylic acids is 1. The molecule has 7 heteroatoms. The van der Waals surface area contributed by atoms with Crippen LogP contribution in [0.1, 0.15) is 49.7 Å². The molecule has 0 spiro atoms. The van der Waals surface area contributed by atoms with Gasteiger partial charge in [0.15, 0.2) is 0 Å². The Bertz CT molecular complexity index is 1080. The van der Waals surface area contributed by atoms with E-state index in [1.54, 1.807) is 6.08 Å². The number of hydrogen-bond donors (Lipinski definition) is 2. The predicted molar refractivity (Wildman–Crippen MR) is 133 cm³/mol. The topological polar surface area (TPSA) is 95.9 Å². The summed E-state index contributed by atoms with van der Waals surface area (Å²) >= 11 is 0. The summed E-state index contributed by atoms with van der Waals surface area (Å²) in [7, 11) is 0. The number of likely N-dealkylation sites (tertiary alicyclic amines) is 1. The number of benzene rings is 2. The minimum Gasteiger partial charge on any atom is -0.481 e. The molecule has 0 saturated carbocycles. The van der Waals surface area contributed by atoms with Crippen molar-refractivity contribution < 1.29 is 24.2 Å². The first-order chi connectivity index (χ1) is 16.9. The number of amides is 2. The van der Waals surface area contributed by atoms with Gasteiger partial charge in [-0.2, -0.15) is 0 Å². The monoisotopic (exact) mass is 476 g/mol. The first-order valence-corrected chi connectivity index (χ1v) is 12.1. The molecule has 1 heterocycles. The van der Waals surface area contributed by atoms with Crippen molar-refractivity contribution in [2.75, 3.05) is 19.7 Å². The van der Waals surface area contributed by atoms with Crippen molar-refractivity contribution in [1.82, 2.24) is 10.2 Å². The normalized spacial score (nSPS) is 16.4. The molecule has 0 bridgehead atoms. The molecule has 1 atom stereocenters. The largest absolute Gasteiger partial charge is 0.481 e. The van der Waals surface area contributed by atoms with Crippen molar-refractivity contribution in [1.29, 1.82) is 0 Å². The van der Waals surface area contributed by atoms with E-state index in [1.165, 1.54) is 4.90 Å². The van der Waals surface area contributed by atoms with Crippen molar-refractivity contribution in [3.8, 4) is 11.1 Å². The molecule has 2 aromatic rings. The number of carbonyl (C=O) groups excluding carboxylic acids is 2. The van der Waals surface area contributed by atoms with Gasteiger partial charge >= 0.3 is 12.1 Å². The van der Waals surface area contributed by atoms with Crippen LogP contribution in [-0.4, -0.2) is 53.7 Å². The van der Waals surface area contributed by atoms with Crippen LogP contribution >= 0.6 is 0 Å². The first kappa shape index (κ1) is 24.5. The fraction of sp³-hybridized carbons (Fsp3) is 0.393. The Labute approximate surface area is 205 Å². The van der Waals surface area contributed by atoms with Gasteiger partial charge in [0, 0.05) is 19.0 Å². The highest BCUT2D eigenvalue weighted by Crippen LogP contribution is 2.44. The van der Waals surface area contributed by atoms with E-state index in [0.29, 0.717) is 12.8 Å². The van der Waals surface area contributed by atoms with E-state index in [-0.39, 0.29) is 31.5 Å². The SMILES string of the molecule is C=CCC1(C(=O)O)CN(C(=O)C(CCCC)NC(=O)OCC2c3ccccc3-c3ccccc32)C1. The van der Waals surface area contributed by atoms with Gasteiger partial charge in [0.25, 0.3) is 0 Å². The minimum atomic E-state index is -0.990. The van der Waals surface area contributed by atoms with Crippen LogP contribution in [0, 0.1) is 5.41 Å². The molecule has 2 amide bonds. The number of fused-ring (bicyclic) bond motifs is 3. The zero-order valence-corrected chi connectivity index (χ0v) is 20.0. The van der Waals surface area contributed by atoms with Gasteiger partial charge < -0.3 is 20.1 Å². The fourth-order valence-corrected chi connectivity index (χ4v) is 5.14. The number of rotatable bonds is 10. The quantitative estimate of drug-likeness (QED) is 0.490. The van der Waals surface area contributed by atoms with Crippen molar-refractivity contribution in [2.45, 2.75) is 44.6 Å². The van der Waals surface area contributed by atoms with Gasteiger partial charge in [0.05, 0.1) is 0 Å². The Morgan fingerprint density at radius 3 is 2.29 bits per heavy atom. The third kappa shape index (κ3) is 4.81. The number of nitrogens with zero attached hydrogens (tertiary/aromatic N) is 1. The van der Waals surface area contributed by atoms with E-state index >= 15 is 0 Å². The Hall–Kier alpha value is -3.61. The number of ether oxygens (including phenoxy) is 1. The molecule has 1 saturated heterocycles. The zero-order valence-electron chi connectivity index (χ0n) is 20.0. The molecule has 2 aromatic carbocycles. The van der Waals surface area contributed by atoms with Crippen LogP contribution in [0.15, 0.2) is 61.2 Å². The van der Waals surface area contributed by atoms with Gasteiger partial charge in [-0.25, -0.2) is 4.79 Å². The van der Waals surface area contributed by atoms with Gasteiger partial charge in [-0.05, 0) is 35.1 Å². The minimum absolute atomic E-state index is 0.0663. The Kier molecular flexibility index (Phi) is 7.24. The van der Waals surface area contributed by atoms with Gasteiger partial charge in [-0.3, -0.25) is 9.59 Å². The lowest BCUT2D eigenvalue weighted by Crippen LogP contribution is -2.65. The smallest absolute Gasteiger partial charge is 0.407 e. The third-order valence-electron chi connectivity index (χ3n) is 7.07. The molecule has 184 valence electrons. The highest BCUT2D eigenvalue weighted by atomic mass is 16.5. The molecular weight excluding hydrogens is 444 g/mol. The number of carboxylic acid groups (broad SMARTS) is 1. The molecule has 7 nitrogen and oxygen atoms in total. The first-order valence-electron chi connectivity index (χ1n) is 12.1. The molecule has 4 rings (SSSR count). The number of nitrogens with one attached hydrogen (secondary N) is 1. The maximum absolute atomic E-state index is 13.1. The number of hydrogen-bond acceptors (Lipinski definition) is 4. The van der Waals surface area contributed by atoms with Gasteiger partial charge in [-0.15, -0.1) is 6.58 Å². The Morgan fingerprint density at radius 2 is 1.74 bits per heavy atom. The van der Waals surface area contributed by atoms with Crippen LogP contribution in [0.2, 0.25) is 0 Å². The van der Waals surface area contributed by atoms with Crippen LogP contribution < -0.4 is 5.32 Å². The molecule has 0 aromatic heterocycles. The van der Waals surface area contributed by atoms with E-state index in [2.05, 4.69) is 36.2 Å². The molecular formula is C28H32N2O5. The lowest BCUT2D eigenvalue weighted by atomic mass is 9.76. The summed E-state index contributed by atoms with van der Waals surface area (Å²) in [5, 5.41) is 12.3. The van der Waals surface area contributed by atoms with Crippen LogP contribution in [0.25, 0.3) is 11.1 Å². The molecule has 1 aliphatic carbocycles. The van der Waals surface area contributed by atoms with Crippen molar-refractivity contribution in [3.63, 3.8) is 0 Å². The average Bonchev–Trinajstić information content (AvgIpc) is 3.15. The Morgan fingerprint density at radius 1 is 1.14 bits per heavy atom. The number of alkyl carbamates (subject to hydrolysis) is 1. The lowest BCUT2D eigenvalue weighted by Gasteiger charge is -2.47. The number of allylic oxidation sites excluding steroid dienone is 1. The predicted octanol–water partition coefficient (Wildman–Crippen LogP) is 4.57. The number of aliphatic carboxylic acids is 1. The summed E-state index contributed by atoms with van der Waals surface area (Å²) in [6.07, 6.45) is 3.32. The second kappa shape index (κ2) is 10.3. The van der Waals surface area contributed by atoms with E-state index in [0.717, 1.165) is 35.1 Å². The van der Waals surface area contributed by atoms with Crippen LogP contribution in [0.3, 0.4) is 0 Å². The standard InChI is InChI=1S/C28H32N2O5/c1-3-5-14-24(25(31)30-17-28(18-30,15-4-2)26(32)33)29-27(34)35-16-23-21-12-8-6-10-19(21)20-11-7-9-13-22(20)23/h4,6-13,23-24H,2-3,5,14-18H2,1H3,(H,29,34)(H,32,33). The zero-order chi connectivity index (χ0) is 25.0. The van der Waals surface area contributed by atoms with E-state index in [4.69, 9.17) is 4.74 Å². The summed E-state index contributed by atoms with van der Waals surface area (Å²) in [5.74, 6) is -1.27. The summed E-state index contributed by atoms with van der Waals surface area (Å²) in [4.78, 5) is 39.1. The second-order valence-electron chi connectivity index (χ2n) is 9.44. The van der Waals surface area contributed by atoms with Gasteiger partial charge in [0.1, 0.15) is 18.1 Å². The number of carbonyl (C=O) groups is 3. The maximum atomic E-state index is 13.1. The van der Waals surface area contributed by atoms with Crippen LogP contribution in [-0.2, 0) is 14.3 Å². The van der Waals surface area contributed by atoms with Crippen molar-refractivity contribution >= 4 is 18.0 Å². The van der Waals surface area contributed by atoms with Crippen molar-refractivity contribution in [2.24, 2.45) is 5.41 Å². The fourth-order valence-electron chi connectivity index (χ4n) is 5.14. The number of unbranched alkanes of at least 4 members (excludes halogenated alkanes) is 1. The highest BCUT2D eigenvalue weighted by molar-refractivity contribution is 5.89. The van der Waals surface area contributed by atoms with Gasteiger partial charge in [-0.1, -0.05) is 74.4 Å². The van der Waals surface area contributed by atoms with E-state index in [9.17, 15) is 19.5 Å². The third-order valence-corrected chi connectivity index (χ3v) is 7.07. The summed E-state index contributed by atoms with van der Waals surface area (Å²) in [5.41, 5.74) is 3.54. The maximum Gasteiger partial charge on any atom is 0.407 e. The van der Waals surface area contributed by atoms with E-state index < -0.39 is 23.5 Å². The molecule has 0 radical (unpaired) electrons. The molecule has 1 unspecified atom stereocenters. The molecule has 2 aliphatic rings. The molecule has 1 fully saturated rings. The molecule has 2 N–H and O–H groups in total. The lowest BCUT2D eigenvalue weighted by molar-refractivity contribution is -0.166. The Balaban J connectivity index is 1.39. The second-order valence-corrected chi connectivity index (χ2v) is 9.44. The van der Waals surface area contributed by atoms with Crippen molar-refractivity contribution in [3.05, 3.63) is 72.3 Å². The summed E-state index contributed by atoms with van der Waals surface area (Å²) in [6, 6.07) is 15.5. The van der Waals surface area contributed by atoms with Crippen LogP contribution in [0.5, 0.6) is 0 Å². The van der Waals surface area contributed by atoms with E-state index in [1.807, 2.05) is 31.2 Å². The van der Waals surface area contributed by atoms with Crippen LogP contribution in [0.4, 0.5) is 4.79 Å². The summed E-state index contributed by atoms with van der Waals surface area (Å²) < 4.78 is 5.62. The molecule has 35 heavy (non-hydrogen) atoms.